The molecule has 1 N–H and O–H groups in total. The number of halogens is 1. The van der Waals surface area contributed by atoms with Gasteiger partial charge in [-0.2, -0.15) is 0 Å². The van der Waals surface area contributed by atoms with Gasteiger partial charge in [-0.25, -0.2) is 4.79 Å². The highest BCUT2D eigenvalue weighted by Crippen LogP contribution is 2.34. The Balaban J connectivity index is 2.90. The predicted molar refractivity (Wildman–Crippen MR) is 61.2 cm³/mol. The van der Waals surface area contributed by atoms with Crippen LogP contribution in [0.3, 0.4) is 0 Å². The first-order chi connectivity index (χ1) is 6.61. The molecule has 4 heteroatoms. The van der Waals surface area contributed by atoms with Crippen LogP contribution in [0.4, 0.5) is 0 Å². The van der Waals surface area contributed by atoms with E-state index in [0.717, 1.165) is 20.1 Å². The minimum absolute atomic E-state index is 0.376. The summed E-state index contributed by atoms with van der Waals surface area (Å²) in [7, 11) is 0. The van der Waals surface area contributed by atoms with Gasteiger partial charge in [0.25, 0.3) is 0 Å². The lowest BCUT2D eigenvalue weighted by molar-refractivity contribution is 0.0699. The Morgan fingerprint density at radius 1 is 1.50 bits per heavy atom. The molecular weight excluding hydrogens is 264 g/mol. The number of hydrogen-bond acceptors (Lipinski definition) is 2. The Kier molecular flexibility index (Phi) is 2.33. The van der Waals surface area contributed by atoms with Gasteiger partial charge >= 0.3 is 5.97 Å². The summed E-state index contributed by atoms with van der Waals surface area (Å²) < 4.78 is 1.79. The molecule has 1 heterocycles. The molecule has 1 aromatic carbocycles. The first-order valence-corrected chi connectivity index (χ1v) is 5.68. The zero-order chi connectivity index (χ0) is 10.3. The van der Waals surface area contributed by atoms with Crippen molar-refractivity contribution in [3.8, 4) is 0 Å². The second kappa shape index (κ2) is 3.37. The molecule has 0 fully saturated rings. The van der Waals surface area contributed by atoms with E-state index in [1.165, 1.54) is 11.3 Å². The molecule has 2 rings (SSSR count). The van der Waals surface area contributed by atoms with E-state index in [-0.39, 0.29) is 0 Å². The standard InChI is InChI=1S/C10H7BrO2S/c1-5-4-14-9-6(10(12)13)2-3-7(11)8(5)9/h2-4H,1H3,(H,12,13). The number of thiophene rings is 1. The molecule has 0 saturated carbocycles. The number of rotatable bonds is 1. The summed E-state index contributed by atoms with van der Waals surface area (Å²) in [4.78, 5) is 10.9. The highest BCUT2D eigenvalue weighted by molar-refractivity contribution is 9.10. The Labute approximate surface area is 93.3 Å². The van der Waals surface area contributed by atoms with Crippen molar-refractivity contribution in [3.63, 3.8) is 0 Å². The van der Waals surface area contributed by atoms with Gasteiger partial charge < -0.3 is 5.11 Å². The number of carboxylic acids is 1. The van der Waals surface area contributed by atoms with Gasteiger partial charge in [-0.3, -0.25) is 0 Å². The van der Waals surface area contributed by atoms with Crippen LogP contribution in [-0.2, 0) is 0 Å². The van der Waals surface area contributed by atoms with E-state index in [9.17, 15) is 4.79 Å². The van der Waals surface area contributed by atoms with Crippen LogP contribution in [0.5, 0.6) is 0 Å². The predicted octanol–water partition coefficient (Wildman–Crippen LogP) is 3.67. The Hall–Kier alpha value is -0.870. The van der Waals surface area contributed by atoms with Gasteiger partial charge in [0, 0.05) is 9.86 Å². The summed E-state index contributed by atoms with van der Waals surface area (Å²) in [5.74, 6) is -0.871. The smallest absolute Gasteiger partial charge is 0.337 e. The van der Waals surface area contributed by atoms with Crippen LogP contribution in [0.2, 0.25) is 0 Å². The van der Waals surface area contributed by atoms with E-state index in [1.54, 1.807) is 12.1 Å². The van der Waals surface area contributed by atoms with Crippen molar-refractivity contribution in [1.29, 1.82) is 0 Å². The fourth-order valence-corrected chi connectivity index (χ4v) is 3.28. The van der Waals surface area contributed by atoms with Crippen molar-refractivity contribution < 1.29 is 9.90 Å². The molecular formula is C10H7BrO2S. The lowest BCUT2D eigenvalue weighted by Gasteiger charge is -1.99. The van der Waals surface area contributed by atoms with Crippen LogP contribution >= 0.6 is 27.3 Å². The van der Waals surface area contributed by atoms with Crippen molar-refractivity contribution in [2.24, 2.45) is 0 Å². The largest absolute Gasteiger partial charge is 0.478 e. The Bertz CT molecular complexity index is 516. The fourth-order valence-electron chi connectivity index (χ4n) is 1.42. The minimum atomic E-state index is -0.871. The number of benzene rings is 1. The molecule has 0 aliphatic carbocycles. The number of fused-ring (bicyclic) bond motifs is 1. The molecule has 0 spiro atoms. The van der Waals surface area contributed by atoms with Crippen molar-refractivity contribution in [1.82, 2.24) is 0 Å². The van der Waals surface area contributed by atoms with Crippen LogP contribution < -0.4 is 0 Å². The van der Waals surface area contributed by atoms with Gasteiger partial charge in [0.1, 0.15) is 0 Å². The summed E-state index contributed by atoms with van der Waals surface area (Å²) in [5.41, 5.74) is 1.49. The molecule has 0 aliphatic heterocycles. The maximum absolute atomic E-state index is 10.9. The molecule has 0 radical (unpaired) electrons. The van der Waals surface area contributed by atoms with Crippen LogP contribution in [0.15, 0.2) is 22.0 Å². The molecule has 0 saturated heterocycles. The van der Waals surface area contributed by atoms with Crippen molar-refractivity contribution in [2.75, 3.05) is 0 Å². The fraction of sp³-hybridized carbons (Fsp3) is 0.100. The van der Waals surface area contributed by atoms with Crippen LogP contribution in [0, 0.1) is 6.92 Å². The second-order valence-corrected chi connectivity index (χ2v) is 4.76. The van der Waals surface area contributed by atoms with E-state index in [4.69, 9.17) is 5.11 Å². The summed E-state index contributed by atoms with van der Waals surface area (Å²) in [5, 5.41) is 12.0. The molecule has 14 heavy (non-hydrogen) atoms. The highest BCUT2D eigenvalue weighted by Gasteiger charge is 2.13. The Morgan fingerprint density at radius 2 is 2.21 bits per heavy atom. The molecule has 0 unspecified atom stereocenters. The zero-order valence-corrected chi connectivity index (χ0v) is 9.78. The third kappa shape index (κ3) is 1.35. The molecule has 72 valence electrons. The van der Waals surface area contributed by atoms with Crippen molar-refractivity contribution in [2.45, 2.75) is 6.92 Å². The van der Waals surface area contributed by atoms with Crippen molar-refractivity contribution >= 4 is 43.3 Å². The number of carbonyl (C=O) groups is 1. The second-order valence-electron chi connectivity index (χ2n) is 3.02. The van der Waals surface area contributed by atoms with E-state index >= 15 is 0 Å². The molecule has 1 aromatic heterocycles. The monoisotopic (exact) mass is 270 g/mol. The highest BCUT2D eigenvalue weighted by atomic mass is 79.9. The SMILES string of the molecule is Cc1csc2c(C(=O)O)ccc(Br)c12. The van der Waals surface area contributed by atoms with Gasteiger partial charge in [0.15, 0.2) is 0 Å². The third-order valence-electron chi connectivity index (χ3n) is 2.09. The topological polar surface area (TPSA) is 37.3 Å². The van der Waals surface area contributed by atoms with Crippen LogP contribution in [0.25, 0.3) is 10.1 Å². The van der Waals surface area contributed by atoms with Gasteiger partial charge in [-0.1, -0.05) is 15.9 Å². The van der Waals surface area contributed by atoms with Crippen molar-refractivity contribution in [3.05, 3.63) is 33.1 Å². The van der Waals surface area contributed by atoms with Crippen LogP contribution in [0.1, 0.15) is 15.9 Å². The summed E-state index contributed by atoms with van der Waals surface area (Å²) in [6.07, 6.45) is 0. The Morgan fingerprint density at radius 3 is 2.86 bits per heavy atom. The summed E-state index contributed by atoms with van der Waals surface area (Å²) >= 11 is 4.90. The lowest BCUT2D eigenvalue weighted by atomic mass is 10.1. The summed E-state index contributed by atoms with van der Waals surface area (Å²) in [6, 6.07) is 3.41. The minimum Gasteiger partial charge on any atom is -0.478 e. The van der Waals surface area contributed by atoms with Gasteiger partial charge in [0.05, 0.1) is 10.3 Å². The van der Waals surface area contributed by atoms with Crippen LogP contribution in [-0.4, -0.2) is 11.1 Å². The average molecular weight is 271 g/mol. The zero-order valence-electron chi connectivity index (χ0n) is 7.37. The normalized spacial score (nSPS) is 10.7. The molecule has 2 aromatic rings. The molecule has 0 aliphatic rings. The number of hydrogen-bond donors (Lipinski definition) is 1. The van der Waals surface area contributed by atoms with E-state index < -0.39 is 5.97 Å². The number of carboxylic acid groups (broad SMARTS) is 1. The maximum Gasteiger partial charge on any atom is 0.337 e. The summed E-state index contributed by atoms with van der Waals surface area (Å²) in [6.45, 7) is 1.98. The first-order valence-electron chi connectivity index (χ1n) is 4.01. The molecule has 2 nitrogen and oxygen atoms in total. The quantitative estimate of drug-likeness (QED) is 0.859. The third-order valence-corrected chi connectivity index (χ3v) is 3.88. The average Bonchev–Trinajstić information content (AvgIpc) is 2.49. The molecule has 0 amide bonds. The van der Waals surface area contributed by atoms with Gasteiger partial charge in [0.2, 0.25) is 0 Å². The van der Waals surface area contributed by atoms with Gasteiger partial charge in [-0.15, -0.1) is 11.3 Å². The molecule has 0 bridgehead atoms. The first kappa shape index (κ1) is 9.68. The van der Waals surface area contributed by atoms with E-state index in [0.29, 0.717) is 5.56 Å². The number of aryl methyl sites for hydroxylation is 1. The maximum atomic E-state index is 10.9. The molecule has 0 atom stereocenters. The lowest BCUT2D eigenvalue weighted by Crippen LogP contribution is -1.95. The van der Waals surface area contributed by atoms with Gasteiger partial charge in [-0.05, 0) is 30.0 Å². The van der Waals surface area contributed by atoms with E-state index in [1.807, 2.05) is 12.3 Å². The number of aromatic carboxylic acids is 1. The van der Waals surface area contributed by atoms with E-state index in [2.05, 4.69) is 15.9 Å².